The van der Waals surface area contributed by atoms with E-state index in [0.717, 1.165) is 29.4 Å². The van der Waals surface area contributed by atoms with Crippen molar-refractivity contribution in [3.63, 3.8) is 0 Å². The zero-order valence-electron chi connectivity index (χ0n) is 14.4. The fourth-order valence-electron chi connectivity index (χ4n) is 3.53. The van der Waals surface area contributed by atoms with Crippen molar-refractivity contribution in [2.75, 3.05) is 6.54 Å². The Kier molecular flexibility index (Phi) is 3.71. The molecule has 0 aliphatic carbocycles. The summed E-state index contributed by atoms with van der Waals surface area (Å²) in [4.78, 5) is 33.2. The van der Waals surface area contributed by atoms with Gasteiger partial charge in [0.05, 0.1) is 22.0 Å². The minimum Gasteiger partial charge on any atom is -0.340 e. The number of imidazole rings is 1. The van der Waals surface area contributed by atoms with Crippen LogP contribution in [0.15, 0.2) is 18.2 Å². The number of nitro groups is 1. The standard InChI is InChI=1S/C17H18N6O3/c1-9-5-6-11-12(8-9)19-16(18-11)13-4-3-7-22(13)17(24)14-15(23(25)26)10(2)20-21-14/h5-6,8,13H,3-4,7H2,1-2H3,(H,18,19)(H,20,21). The van der Waals surface area contributed by atoms with Crippen LogP contribution in [-0.4, -0.2) is 42.4 Å². The van der Waals surface area contributed by atoms with Gasteiger partial charge in [0, 0.05) is 6.54 Å². The Morgan fingerprint density at radius 3 is 2.96 bits per heavy atom. The minimum absolute atomic E-state index is 0.147. The molecule has 1 aliphatic heterocycles. The number of aromatic amines is 2. The molecule has 1 amide bonds. The summed E-state index contributed by atoms with van der Waals surface area (Å²) in [5, 5.41) is 17.7. The molecule has 0 bridgehead atoms. The van der Waals surface area contributed by atoms with Crippen LogP contribution in [0, 0.1) is 24.0 Å². The Labute approximate surface area is 148 Å². The van der Waals surface area contributed by atoms with E-state index < -0.39 is 10.8 Å². The fourth-order valence-corrected chi connectivity index (χ4v) is 3.53. The third-order valence-corrected chi connectivity index (χ3v) is 4.79. The second kappa shape index (κ2) is 5.94. The predicted molar refractivity (Wildman–Crippen MR) is 93.8 cm³/mol. The number of aryl methyl sites for hydroxylation is 2. The van der Waals surface area contributed by atoms with Crippen LogP contribution >= 0.6 is 0 Å². The van der Waals surface area contributed by atoms with Gasteiger partial charge in [-0.1, -0.05) is 6.07 Å². The van der Waals surface area contributed by atoms with Crippen molar-refractivity contribution < 1.29 is 9.72 Å². The van der Waals surface area contributed by atoms with Crippen LogP contribution < -0.4 is 0 Å². The molecule has 1 saturated heterocycles. The van der Waals surface area contributed by atoms with Gasteiger partial charge in [0.1, 0.15) is 11.5 Å². The number of hydrogen-bond acceptors (Lipinski definition) is 5. The van der Waals surface area contributed by atoms with Crippen LogP contribution in [0.2, 0.25) is 0 Å². The number of likely N-dealkylation sites (tertiary alicyclic amines) is 1. The van der Waals surface area contributed by atoms with E-state index in [1.807, 2.05) is 25.1 Å². The summed E-state index contributed by atoms with van der Waals surface area (Å²) >= 11 is 0. The van der Waals surface area contributed by atoms with E-state index in [9.17, 15) is 14.9 Å². The predicted octanol–water partition coefficient (Wildman–Crippen LogP) is 2.79. The molecule has 0 spiro atoms. The van der Waals surface area contributed by atoms with Gasteiger partial charge in [-0.05, 0) is 44.4 Å². The van der Waals surface area contributed by atoms with Crippen LogP contribution in [0.1, 0.15) is 46.5 Å². The topological polar surface area (TPSA) is 121 Å². The van der Waals surface area contributed by atoms with Gasteiger partial charge in [-0.3, -0.25) is 20.0 Å². The van der Waals surface area contributed by atoms with Crippen molar-refractivity contribution in [1.29, 1.82) is 0 Å². The summed E-state index contributed by atoms with van der Waals surface area (Å²) in [6, 6.07) is 5.69. The maximum atomic E-state index is 12.9. The second-order valence-corrected chi connectivity index (χ2v) is 6.60. The van der Waals surface area contributed by atoms with Gasteiger partial charge in [0.25, 0.3) is 5.91 Å². The lowest BCUT2D eigenvalue weighted by Crippen LogP contribution is -2.31. The average Bonchev–Trinajstić information content (AvgIpc) is 3.30. The zero-order valence-corrected chi connectivity index (χ0v) is 14.4. The van der Waals surface area contributed by atoms with Crippen molar-refractivity contribution in [3.8, 4) is 0 Å². The molecule has 0 radical (unpaired) electrons. The van der Waals surface area contributed by atoms with E-state index in [-0.39, 0.29) is 23.1 Å². The van der Waals surface area contributed by atoms with E-state index in [4.69, 9.17) is 0 Å². The normalized spacial score (nSPS) is 17.2. The molecule has 1 aromatic carbocycles. The lowest BCUT2D eigenvalue weighted by atomic mass is 10.2. The quantitative estimate of drug-likeness (QED) is 0.553. The van der Waals surface area contributed by atoms with Crippen molar-refractivity contribution in [2.24, 2.45) is 0 Å². The monoisotopic (exact) mass is 354 g/mol. The maximum absolute atomic E-state index is 12.9. The highest BCUT2D eigenvalue weighted by Crippen LogP contribution is 2.34. The van der Waals surface area contributed by atoms with Crippen LogP contribution in [0.3, 0.4) is 0 Å². The van der Waals surface area contributed by atoms with Gasteiger partial charge in [-0.25, -0.2) is 4.98 Å². The first kappa shape index (κ1) is 16.2. The SMILES string of the molecule is Cc1ccc2nc(C3CCCN3C(=O)c3n[nH]c(C)c3[N+](=O)[O-])[nH]c2c1. The van der Waals surface area contributed by atoms with Crippen LogP contribution in [0.25, 0.3) is 11.0 Å². The molecule has 9 nitrogen and oxygen atoms in total. The van der Waals surface area contributed by atoms with E-state index in [1.165, 1.54) is 6.92 Å². The molecule has 134 valence electrons. The highest BCUT2D eigenvalue weighted by Gasteiger charge is 2.37. The summed E-state index contributed by atoms with van der Waals surface area (Å²) < 4.78 is 0. The van der Waals surface area contributed by atoms with E-state index in [0.29, 0.717) is 12.4 Å². The van der Waals surface area contributed by atoms with Gasteiger partial charge in [-0.2, -0.15) is 5.10 Å². The molecule has 3 aromatic rings. The van der Waals surface area contributed by atoms with Gasteiger partial charge >= 0.3 is 5.69 Å². The van der Waals surface area contributed by atoms with Crippen LogP contribution in [0.5, 0.6) is 0 Å². The molecule has 2 N–H and O–H groups in total. The number of rotatable bonds is 3. The lowest BCUT2D eigenvalue weighted by molar-refractivity contribution is -0.385. The molecule has 1 unspecified atom stereocenters. The number of carbonyl (C=O) groups is 1. The Balaban J connectivity index is 1.70. The summed E-state index contributed by atoms with van der Waals surface area (Å²) in [6.45, 7) is 4.05. The summed E-state index contributed by atoms with van der Waals surface area (Å²) in [6.07, 6.45) is 1.56. The number of aromatic nitrogens is 4. The van der Waals surface area contributed by atoms with E-state index >= 15 is 0 Å². The average molecular weight is 354 g/mol. The highest BCUT2D eigenvalue weighted by atomic mass is 16.6. The summed E-state index contributed by atoms with van der Waals surface area (Å²) in [5.74, 6) is 0.256. The summed E-state index contributed by atoms with van der Waals surface area (Å²) in [5.41, 5.74) is 2.74. The number of fused-ring (bicyclic) bond motifs is 1. The lowest BCUT2D eigenvalue weighted by Gasteiger charge is -2.21. The van der Waals surface area contributed by atoms with Crippen molar-refractivity contribution >= 4 is 22.6 Å². The largest absolute Gasteiger partial charge is 0.340 e. The molecule has 2 aromatic heterocycles. The number of nitrogens with zero attached hydrogens (tertiary/aromatic N) is 4. The van der Waals surface area contributed by atoms with Crippen LogP contribution in [-0.2, 0) is 0 Å². The summed E-state index contributed by atoms with van der Waals surface area (Å²) in [7, 11) is 0. The highest BCUT2D eigenvalue weighted by molar-refractivity contribution is 5.97. The molecule has 1 aliphatic rings. The molecule has 1 atom stereocenters. The number of benzene rings is 1. The van der Waals surface area contributed by atoms with Crippen molar-refractivity contribution in [2.45, 2.75) is 32.7 Å². The Morgan fingerprint density at radius 1 is 1.38 bits per heavy atom. The number of carbonyl (C=O) groups excluding carboxylic acids is 1. The maximum Gasteiger partial charge on any atom is 0.322 e. The first-order valence-electron chi connectivity index (χ1n) is 8.42. The third-order valence-electron chi connectivity index (χ3n) is 4.79. The van der Waals surface area contributed by atoms with Crippen LogP contribution in [0.4, 0.5) is 5.69 Å². The number of H-pyrrole nitrogens is 2. The first-order valence-corrected chi connectivity index (χ1v) is 8.42. The Bertz CT molecular complexity index is 1020. The smallest absolute Gasteiger partial charge is 0.322 e. The number of amides is 1. The molecule has 9 heteroatoms. The molecule has 0 saturated carbocycles. The second-order valence-electron chi connectivity index (χ2n) is 6.60. The van der Waals surface area contributed by atoms with Crippen molar-refractivity contribution in [3.05, 3.63) is 51.1 Å². The number of nitrogens with one attached hydrogen (secondary N) is 2. The first-order chi connectivity index (χ1) is 12.5. The van der Waals surface area contributed by atoms with Gasteiger partial charge < -0.3 is 9.88 Å². The molecular formula is C17H18N6O3. The Morgan fingerprint density at radius 2 is 2.19 bits per heavy atom. The van der Waals surface area contributed by atoms with Gasteiger partial charge in [-0.15, -0.1) is 0 Å². The van der Waals surface area contributed by atoms with Gasteiger partial charge in [0.2, 0.25) is 5.69 Å². The van der Waals surface area contributed by atoms with Crippen molar-refractivity contribution in [1.82, 2.24) is 25.1 Å². The molecule has 4 rings (SSSR count). The van der Waals surface area contributed by atoms with Gasteiger partial charge in [0.15, 0.2) is 0 Å². The number of hydrogen-bond donors (Lipinski definition) is 2. The molecule has 1 fully saturated rings. The minimum atomic E-state index is -0.568. The van der Waals surface area contributed by atoms with E-state index in [2.05, 4.69) is 20.2 Å². The third kappa shape index (κ3) is 2.52. The molecule has 3 heterocycles. The Hall–Kier alpha value is -3.23. The molecule has 26 heavy (non-hydrogen) atoms. The fraction of sp³-hybridized carbons (Fsp3) is 0.353. The molecular weight excluding hydrogens is 336 g/mol. The van der Waals surface area contributed by atoms with E-state index in [1.54, 1.807) is 4.90 Å². The zero-order chi connectivity index (χ0) is 18.4.